The standard InChI is InChI=1S/C21H31N3O4/c25-20(18-1-6-23(7-2-18)21(26)19-5-14-28-16-19)24-10-8-22(9-11-24)15-17-3-12-27-13-4-17/h5,14,16-18H,1-4,6-13,15H2. The van der Waals surface area contributed by atoms with Gasteiger partial charge in [-0.3, -0.25) is 14.5 Å². The first-order valence-electron chi connectivity index (χ1n) is 10.6. The van der Waals surface area contributed by atoms with Gasteiger partial charge in [0.2, 0.25) is 5.91 Å². The first kappa shape index (κ1) is 19.5. The molecular formula is C21H31N3O4. The van der Waals surface area contributed by atoms with Gasteiger partial charge < -0.3 is 19.0 Å². The van der Waals surface area contributed by atoms with Crippen LogP contribution in [0.1, 0.15) is 36.0 Å². The van der Waals surface area contributed by atoms with Crippen LogP contribution in [0.3, 0.4) is 0 Å². The van der Waals surface area contributed by atoms with Crippen LogP contribution in [-0.2, 0) is 9.53 Å². The van der Waals surface area contributed by atoms with E-state index in [9.17, 15) is 9.59 Å². The maximum absolute atomic E-state index is 12.9. The highest BCUT2D eigenvalue weighted by Gasteiger charge is 2.32. The van der Waals surface area contributed by atoms with Crippen molar-refractivity contribution < 1.29 is 18.7 Å². The second kappa shape index (κ2) is 9.09. The smallest absolute Gasteiger partial charge is 0.257 e. The minimum Gasteiger partial charge on any atom is -0.472 e. The van der Waals surface area contributed by atoms with Crippen LogP contribution in [0.2, 0.25) is 0 Å². The molecule has 3 aliphatic rings. The van der Waals surface area contributed by atoms with Crippen molar-refractivity contribution in [1.29, 1.82) is 0 Å². The molecule has 0 radical (unpaired) electrons. The Morgan fingerprint density at radius 1 is 0.929 bits per heavy atom. The number of hydrogen-bond acceptors (Lipinski definition) is 5. The summed E-state index contributed by atoms with van der Waals surface area (Å²) in [5.41, 5.74) is 0.588. The van der Waals surface area contributed by atoms with E-state index in [-0.39, 0.29) is 17.7 Å². The fourth-order valence-electron chi connectivity index (χ4n) is 4.60. The third-order valence-corrected chi connectivity index (χ3v) is 6.44. The van der Waals surface area contributed by atoms with Crippen LogP contribution in [-0.4, -0.2) is 85.5 Å². The molecule has 0 aromatic carbocycles. The minimum atomic E-state index is 0.00127. The van der Waals surface area contributed by atoms with E-state index in [0.717, 1.165) is 77.5 Å². The largest absolute Gasteiger partial charge is 0.472 e. The van der Waals surface area contributed by atoms with E-state index in [0.29, 0.717) is 18.7 Å². The van der Waals surface area contributed by atoms with E-state index >= 15 is 0 Å². The predicted molar refractivity (Wildman–Crippen MR) is 104 cm³/mol. The number of hydrogen-bond donors (Lipinski definition) is 0. The van der Waals surface area contributed by atoms with Gasteiger partial charge in [0, 0.05) is 64.9 Å². The van der Waals surface area contributed by atoms with Crippen LogP contribution in [0, 0.1) is 11.8 Å². The van der Waals surface area contributed by atoms with Crippen molar-refractivity contribution in [3.05, 3.63) is 24.2 Å². The summed E-state index contributed by atoms with van der Waals surface area (Å²) in [6, 6.07) is 1.69. The van der Waals surface area contributed by atoms with Gasteiger partial charge in [-0.2, -0.15) is 0 Å². The fraction of sp³-hybridized carbons (Fsp3) is 0.714. The molecule has 28 heavy (non-hydrogen) atoms. The lowest BCUT2D eigenvalue weighted by molar-refractivity contribution is -0.138. The maximum Gasteiger partial charge on any atom is 0.257 e. The normalized spacial score (nSPS) is 23.1. The van der Waals surface area contributed by atoms with Gasteiger partial charge in [0.1, 0.15) is 6.26 Å². The number of piperidine rings is 1. The molecule has 7 heteroatoms. The van der Waals surface area contributed by atoms with Gasteiger partial charge in [0.25, 0.3) is 5.91 Å². The molecule has 0 aliphatic carbocycles. The first-order chi connectivity index (χ1) is 13.7. The number of ether oxygens (including phenoxy) is 1. The number of amides is 2. The van der Waals surface area contributed by atoms with E-state index in [1.54, 1.807) is 6.07 Å². The molecule has 0 bridgehead atoms. The average Bonchev–Trinajstić information content (AvgIpc) is 3.29. The molecular weight excluding hydrogens is 358 g/mol. The lowest BCUT2D eigenvalue weighted by Crippen LogP contribution is -2.52. The number of carbonyl (C=O) groups is 2. The van der Waals surface area contributed by atoms with E-state index in [4.69, 9.17) is 9.15 Å². The van der Waals surface area contributed by atoms with Crippen LogP contribution in [0.5, 0.6) is 0 Å². The molecule has 1 aromatic heterocycles. The van der Waals surface area contributed by atoms with Crippen LogP contribution < -0.4 is 0 Å². The summed E-state index contributed by atoms with van der Waals surface area (Å²) in [5, 5.41) is 0. The number of likely N-dealkylation sites (tertiary alicyclic amines) is 1. The monoisotopic (exact) mass is 389 g/mol. The van der Waals surface area contributed by atoms with Crippen LogP contribution in [0.15, 0.2) is 23.0 Å². The van der Waals surface area contributed by atoms with Crippen molar-refractivity contribution in [3.63, 3.8) is 0 Å². The Morgan fingerprint density at radius 3 is 2.29 bits per heavy atom. The Hall–Kier alpha value is -1.86. The molecule has 0 atom stereocenters. The van der Waals surface area contributed by atoms with Crippen molar-refractivity contribution in [1.82, 2.24) is 14.7 Å². The number of piperazine rings is 1. The summed E-state index contributed by atoms with van der Waals surface area (Å²) in [6.07, 6.45) is 6.84. The Bertz CT molecular complexity index is 641. The number of furan rings is 1. The van der Waals surface area contributed by atoms with Crippen molar-refractivity contribution >= 4 is 11.8 Å². The van der Waals surface area contributed by atoms with Crippen LogP contribution in [0.4, 0.5) is 0 Å². The summed E-state index contributed by atoms with van der Waals surface area (Å²) < 4.78 is 10.5. The van der Waals surface area contributed by atoms with Gasteiger partial charge in [-0.1, -0.05) is 0 Å². The Kier molecular flexibility index (Phi) is 6.32. The van der Waals surface area contributed by atoms with Crippen molar-refractivity contribution in [2.75, 3.05) is 59.0 Å². The van der Waals surface area contributed by atoms with Gasteiger partial charge in [-0.05, 0) is 37.7 Å². The third-order valence-electron chi connectivity index (χ3n) is 6.44. The third kappa shape index (κ3) is 4.58. The zero-order valence-electron chi connectivity index (χ0n) is 16.6. The lowest BCUT2D eigenvalue weighted by Gasteiger charge is -2.39. The van der Waals surface area contributed by atoms with Gasteiger partial charge in [0.15, 0.2) is 0 Å². The number of rotatable bonds is 4. The van der Waals surface area contributed by atoms with Gasteiger partial charge in [-0.15, -0.1) is 0 Å². The molecule has 0 spiro atoms. The molecule has 1 aromatic rings. The molecule has 0 unspecified atom stereocenters. The van der Waals surface area contributed by atoms with Crippen molar-refractivity contribution in [2.24, 2.45) is 11.8 Å². The molecule has 7 nitrogen and oxygen atoms in total. The highest BCUT2D eigenvalue weighted by molar-refractivity contribution is 5.94. The summed E-state index contributed by atoms with van der Waals surface area (Å²) in [6.45, 7) is 7.82. The molecule has 0 saturated carbocycles. The molecule has 2 amide bonds. The Balaban J connectivity index is 1.20. The lowest BCUT2D eigenvalue weighted by atomic mass is 9.94. The number of nitrogens with zero attached hydrogens (tertiary/aromatic N) is 3. The molecule has 0 N–H and O–H groups in total. The van der Waals surface area contributed by atoms with E-state index in [2.05, 4.69) is 4.90 Å². The van der Waals surface area contributed by atoms with Gasteiger partial charge in [-0.25, -0.2) is 0 Å². The molecule has 4 heterocycles. The summed E-state index contributed by atoms with van der Waals surface area (Å²) >= 11 is 0. The highest BCUT2D eigenvalue weighted by Crippen LogP contribution is 2.23. The first-order valence-corrected chi connectivity index (χ1v) is 10.6. The molecule has 3 aliphatic heterocycles. The van der Waals surface area contributed by atoms with E-state index < -0.39 is 0 Å². The maximum atomic E-state index is 12.9. The predicted octanol–water partition coefficient (Wildman–Crippen LogP) is 1.70. The van der Waals surface area contributed by atoms with Crippen molar-refractivity contribution in [3.8, 4) is 0 Å². The molecule has 154 valence electrons. The summed E-state index contributed by atoms with van der Waals surface area (Å²) in [7, 11) is 0. The average molecular weight is 389 g/mol. The zero-order valence-corrected chi connectivity index (χ0v) is 16.6. The van der Waals surface area contributed by atoms with Gasteiger partial charge >= 0.3 is 0 Å². The Morgan fingerprint density at radius 2 is 1.64 bits per heavy atom. The van der Waals surface area contributed by atoms with E-state index in [1.165, 1.54) is 12.5 Å². The van der Waals surface area contributed by atoms with Crippen LogP contribution in [0.25, 0.3) is 0 Å². The Labute approximate surface area is 166 Å². The van der Waals surface area contributed by atoms with Crippen molar-refractivity contribution in [2.45, 2.75) is 25.7 Å². The quantitative estimate of drug-likeness (QED) is 0.784. The summed E-state index contributed by atoms with van der Waals surface area (Å²) in [5.74, 6) is 1.08. The van der Waals surface area contributed by atoms with Gasteiger partial charge in [0.05, 0.1) is 11.8 Å². The van der Waals surface area contributed by atoms with Crippen LogP contribution >= 0.6 is 0 Å². The molecule has 3 saturated heterocycles. The number of carbonyl (C=O) groups excluding carboxylic acids is 2. The summed E-state index contributed by atoms with van der Waals surface area (Å²) in [4.78, 5) is 31.7. The topological polar surface area (TPSA) is 66.2 Å². The molecule has 3 fully saturated rings. The SMILES string of the molecule is O=C(c1ccoc1)N1CCC(C(=O)N2CCN(CC3CCOCC3)CC2)CC1. The highest BCUT2D eigenvalue weighted by atomic mass is 16.5. The zero-order chi connectivity index (χ0) is 19.3. The fourth-order valence-corrected chi connectivity index (χ4v) is 4.60. The minimum absolute atomic E-state index is 0.00127. The second-order valence-electron chi connectivity index (χ2n) is 8.26. The second-order valence-corrected chi connectivity index (χ2v) is 8.26. The van der Waals surface area contributed by atoms with E-state index in [1.807, 2.05) is 9.80 Å². The molecule has 4 rings (SSSR count).